The second-order valence-electron chi connectivity index (χ2n) is 2.88. The summed E-state index contributed by atoms with van der Waals surface area (Å²) in [6.07, 6.45) is 0.810. The predicted molar refractivity (Wildman–Crippen MR) is 63.3 cm³/mol. The third-order valence-electron chi connectivity index (χ3n) is 1.88. The lowest BCUT2D eigenvalue weighted by atomic mass is 10.1. The van der Waals surface area contributed by atoms with Crippen molar-refractivity contribution in [2.24, 2.45) is 0 Å². The fourth-order valence-corrected chi connectivity index (χ4v) is 1.84. The Labute approximate surface area is 99.6 Å². The van der Waals surface area contributed by atoms with Crippen molar-refractivity contribution in [2.75, 3.05) is 6.61 Å². The minimum Gasteiger partial charge on any atom is -0.395 e. The first kappa shape index (κ1) is 11.9. The Kier molecular flexibility index (Phi) is 4.78. The monoisotopic (exact) mass is 320 g/mol. The van der Waals surface area contributed by atoms with Gasteiger partial charge in [0.2, 0.25) is 0 Å². The molecule has 0 unspecified atom stereocenters. The Morgan fingerprint density at radius 3 is 2.29 bits per heavy atom. The zero-order chi connectivity index (χ0) is 10.6. The maximum Gasteiger partial charge on any atom is 0.150 e. The fraction of sp³-hybridized carbons (Fsp3) is 0.300. The van der Waals surface area contributed by atoms with Gasteiger partial charge in [0.15, 0.2) is 0 Å². The van der Waals surface area contributed by atoms with E-state index in [-0.39, 0.29) is 16.3 Å². The maximum atomic E-state index is 10.4. The molecule has 0 amide bonds. The topological polar surface area (TPSA) is 37.3 Å². The average Bonchev–Trinajstić information content (AvgIpc) is 2.27. The highest BCUT2D eigenvalue weighted by Crippen LogP contribution is 2.30. The molecule has 0 saturated carbocycles. The molecule has 0 fully saturated rings. The van der Waals surface area contributed by atoms with Crippen molar-refractivity contribution >= 4 is 38.1 Å². The Hall–Kier alpha value is -0.190. The predicted octanol–water partition coefficient (Wildman–Crippen LogP) is 2.69. The van der Waals surface area contributed by atoms with Crippen molar-refractivity contribution < 1.29 is 9.90 Å². The number of aldehydes is 1. The number of aliphatic hydroxyl groups is 1. The highest BCUT2D eigenvalue weighted by Gasteiger charge is 2.16. The summed E-state index contributed by atoms with van der Waals surface area (Å²) in [5.74, 6) is 0. The maximum absolute atomic E-state index is 10.4. The molecule has 0 radical (unpaired) electrons. The van der Waals surface area contributed by atoms with Crippen LogP contribution in [0.1, 0.15) is 20.7 Å². The number of hydrogen-bond acceptors (Lipinski definition) is 2. The van der Waals surface area contributed by atoms with E-state index in [9.17, 15) is 4.79 Å². The van der Waals surface area contributed by atoms with Crippen LogP contribution in [0.2, 0.25) is 0 Å². The first-order valence-electron chi connectivity index (χ1n) is 4.13. The van der Waals surface area contributed by atoms with E-state index in [1.165, 1.54) is 0 Å². The van der Waals surface area contributed by atoms with Gasteiger partial charge < -0.3 is 5.11 Å². The molecule has 0 bridgehead atoms. The first-order chi connectivity index (χ1) is 6.69. The summed E-state index contributed by atoms with van der Waals surface area (Å²) >= 11 is 6.81. The van der Waals surface area contributed by atoms with Gasteiger partial charge in [-0.1, -0.05) is 56.1 Å². The molecular weight excluding hydrogens is 312 g/mol. The molecule has 14 heavy (non-hydrogen) atoms. The van der Waals surface area contributed by atoms with Crippen LogP contribution in [0.5, 0.6) is 0 Å². The number of benzene rings is 1. The molecule has 2 nitrogen and oxygen atoms in total. The second kappa shape index (κ2) is 5.63. The van der Waals surface area contributed by atoms with Gasteiger partial charge in [-0.25, -0.2) is 0 Å². The lowest BCUT2D eigenvalue weighted by molar-refractivity contribution is 0.112. The second-order valence-corrected chi connectivity index (χ2v) is 5.05. The molecule has 0 saturated heterocycles. The average molecular weight is 322 g/mol. The Bertz CT molecular complexity index is 297. The zero-order valence-electron chi connectivity index (χ0n) is 7.36. The van der Waals surface area contributed by atoms with Crippen LogP contribution in [-0.2, 0) is 0 Å². The molecule has 1 N–H and O–H groups in total. The van der Waals surface area contributed by atoms with E-state index in [1.54, 1.807) is 12.1 Å². The molecule has 0 aromatic heterocycles. The lowest BCUT2D eigenvalue weighted by Crippen LogP contribution is -2.10. The van der Waals surface area contributed by atoms with Crippen molar-refractivity contribution in [3.05, 3.63) is 35.4 Å². The number of hydrogen-bond donors (Lipinski definition) is 1. The molecule has 0 heterocycles. The first-order valence-corrected chi connectivity index (χ1v) is 5.96. The van der Waals surface area contributed by atoms with E-state index in [0.717, 1.165) is 11.8 Å². The summed E-state index contributed by atoms with van der Waals surface area (Å²) in [6, 6.07) is 7.25. The summed E-state index contributed by atoms with van der Waals surface area (Å²) in [5.41, 5.74) is 1.69. The van der Waals surface area contributed by atoms with E-state index < -0.39 is 0 Å². The normalized spacial score (nSPS) is 14.8. The number of carbonyl (C=O) groups is 1. The molecule has 1 rings (SSSR count). The molecule has 2 atom stereocenters. The molecule has 76 valence electrons. The number of aliphatic hydroxyl groups excluding tert-OH is 1. The lowest BCUT2D eigenvalue weighted by Gasteiger charge is -2.14. The Morgan fingerprint density at radius 1 is 1.29 bits per heavy atom. The van der Waals surface area contributed by atoms with Gasteiger partial charge in [0.05, 0.1) is 16.3 Å². The number of carbonyl (C=O) groups excluding carboxylic acids is 1. The van der Waals surface area contributed by atoms with Crippen LogP contribution in [0, 0.1) is 0 Å². The highest BCUT2D eigenvalue weighted by molar-refractivity contribution is 9.12. The summed E-state index contributed by atoms with van der Waals surface area (Å²) in [5, 5.41) is 8.93. The van der Waals surface area contributed by atoms with E-state index in [4.69, 9.17) is 5.11 Å². The molecule has 0 aliphatic rings. The van der Waals surface area contributed by atoms with E-state index in [0.29, 0.717) is 5.56 Å². The van der Waals surface area contributed by atoms with Crippen LogP contribution in [0.15, 0.2) is 24.3 Å². The summed E-state index contributed by atoms with van der Waals surface area (Å²) in [7, 11) is 0. The van der Waals surface area contributed by atoms with Gasteiger partial charge in [0, 0.05) is 5.56 Å². The third-order valence-corrected chi connectivity index (χ3v) is 4.58. The molecule has 0 aliphatic heterocycles. The Morgan fingerprint density at radius 2 is 1.86 bits per heavy atom. The molecular formula is C10H10Br2O2. The van der Waals surface area contributed by atoms with Crippen molar-refractivity contribution in [1.29, 1.82) is 0 Å². The van der Waals surface area contributed by atoms with Gasteiger partial charge in [-0.3, -0.25) is 4.79 Å². The van der Waals surface area contributed by atoms with Gasteiger partial charge in [0.25, 0.3) is 0 Å². The van der Waals surface area contributed by atoms with Gasteiger partial charge in [-0.2, -0.15) is 0 Å². The van der Waals surface area contributed by atoms with Gasteiger partial charge in [-0.05, 0) is 5.56 Å². The summed E-state index contributed by atoms with van der Waals surface area (Å²) < 4.78 is 0. The van der Waals surface area contributed by atoms with Crippen LogP contribution >= 0.6 is 31.9 Å². The quantitative estimate of drug-likeness (QED) is 0.684. The Balaban J connectivity index is 2.80. The minimum absolute atomic E-state index is 0.0235. The van der Waals surface area contributed by atoms with Crippen LogP contribution in [0.25, 0.3) is 0 Å². The van der Waals surface area contributed by atoms with Crippen molar-refractivity contribution in [3.8, 4) is 0 Å². The minimum atomic E-state index is -0.0235. The molecule has 4 heteroatoms. The van der Waals surface area contributed by atoms with Gasteiger partial charge >= 0.3 is 0 Å². The zero-order valence-corrected chi connectivity index (χ0v) is 10.5. The largest absolute Gasteiger partial charge is 0.395 e. The number of rotatable bonds is 4. The summed E-state index contributed by atoms with van der Waals surface area (Å²) in [6.45, 7) is 0.0609. The van der Waals surface area contributed by atoms with Crippen LogP contribution in [0.3, 0.4) is 0 Å². The number of halogens is 2. The number of alkyl halides is 2. The fourth-order valence-electron chi connectivity index (χ4n) is 1.06. The summed E-state index contributed by atoms with van der Waals surface area (Å²) in [4.78, 5) is 10.4. The third kappa shape index (κ3) is 2.90. The van der Waals surface area contributed by atoms with Crippen molar-refractivity contribution in [1.82, 2.24) is 0 Å². The van der Waals surface area contributed by atoms with E-state index >= 15 is 0 Å². The highest BCUT2D eigenvalue weighted by atomic mass is 79.9. The molecule has 1 aromatic rings. The van der Waals surface area contributed by atoms with Crippen LogP contribution in [0.4, 0.5) is 0 Å². The van der Waals surface area contributed by atoms with Crippen LogP contribution in [-0.4, -0.2) is 22.8 Å². The van der Waals surface area contributed by atoms with E-state index in [1.807, 2.05) is 12.1 Å². The standard InChI is InChI=1S/C10H10Br2O2/c11-9(6-14)10(12)8-3-1-7(5-13)2-4-8/h1-5,9-10,14H,6H2/t9-,10+/m1/s1. The van der Waals surface area contributed by atoms with Crippen molar-refractivity contribution in [2.45, 2.75) is 9.65 Å². The van der Waals surface area contributed by atoms with Crippen LogP contribution < -0.4 is 0 Å². The van der Waals surface area contributed by atoms with Gasteiger partial charge in [-0.15, -0.1) is 0 Å². The molecule has 0 aliphatic carbocycles. The van der Waals surface area contributed by atoms with Gasteiger partial charge in [0.1, 0.15) is 6.29 Å². The SMILES string of the molecule is O=Cc1ccc([C@H](Br)[C@H](Br)CO)cc1. The smallest absolute Gasteiger partial charge is 0.150 e. The molecule has 1 aromatic carbocycles. The molecule has 0 spiro atoms. The van der Waals surface area contributed by atoms with E-state index in [2.05, 4.69) is 31.9 Å². The van der Waals surface area contributed by atoms with Crippen molar-refractivity contribution in [3.63, 3.8) is 0 Å².